The first-order valence-electron chi connectivity index (χ1n) is 13.3. The molecule has 194 valence electrons. The molecule has 1 aromatic heterocycles. The predicted octanol–water partition coefficient (Wildman–Crippen LogP) is 6.77. The normalized spacial score (nSPS) is 13.5. The molecule has 0 spiro atoms. The summed E-state index contributed by atoms with van der Waals surface area (Å²) in [6.45, 7) is 5.97. The molecular formula is C29H39N3O4. The van der Waals surface area contributed by atoms with E-state index >= 15 is 0 Å². The van der Waals surface area contributed by atoms with Crippen LogP contribution in [0.3, 0.4) is 0 Å². The van der Waals surface area contributed by atoms with Gasteiger partial charge in [-0.2, -0.15) is 10.2 Å². The van der Waals surface area contributed by atoms with Gasteiger partial charge in [0, 0.05) is 54.7 Å². The van der Waals surface area contributed by atoms with Gasteiger partial charge in [-0.25, -0.2) is 4.79 Å². The third-order valence-corrected chi connectivity index (χ3v) is 6.82. The lowest BCUT2D eigenvalue weighted by atomic mass is 9.98. The van der Waals surface area contributed by atoms with Gasteiger partial charge >= 0.3 is 11.6 Å². The topological polar surface area (TPSA) is 84.5 Å². The van der Waals surface area contributed by atoms with Crippen LogP contribution in [-0.2, 0) is 16.1 Å². The molecule has 2 heterocycles. The van der Waals surface area contributed by atoms with Crippen molar-refractivity contribution in [3.05, 3.63) is 40.2 Å². The molecule has 3 rings (SSSR count). The summed E-state index contributed by atoms with van der Waals surface area (Å²) >= 11 is 0. The van der Waals surface area contributed by atoms with Gasteiger partial charge < -0.3 is 14.1 Å². The maximum absolute atomic E-state index is 12.3. The summed E-state index contributed by atoms with van der Waals surface area (Å²) in [6, 6.07) is 7.23. The number of fused-ring (bicyclic) bond motifs is 1. The molecule has 0 N–H and O–H groups in total. The van der Waals surface area contributed by atoms with E-state index in [1.807, 2.05) is 18.2 Å². The molecular weight excluding hydrogens is 454 g/mol. The Morgan fingerprint density at radius 2 is 1.72 bits per heavy atom. The van der Waals surface area contributed by atoms with Crippen LogP contribution < -0.4 is 10.5 Å². The predicted molar refractivity (Wildman–Crippen MR) is 143 cm³/mol. The highest BCUT2D eigenvalue weighted by atomic mass is 16.5. The van der Waals surface area contributed by atoms with Crippen LogP contribution in [0.5, 0.6) is 0 Å². The van der Waals surface area contributed by atoms with Crippen LogP contribution in [0.2, 0.25) is 0 Å². The molecule has 0 saturated heterocycles. The number of nitrogens with zero attached hydrogens (tertiary/aromatic N) is 3. The summed E-state index contributed by atoms with van der Waals surface area (Å²) < 4.78 is 10.9. The number of terminal acetylenes is 1. The van der Waals surface area contributed by atoms with Gasteiger partial charge in [0.2, 0.25) is 0 Å². The Labute approximate surface area is 214 Å². The number of carbonyl (C=O) groups is 1. The van der Waals surface area contributed by atoms with Crippen molar-refractivity contribution in [1.82, 2.24) is 0 Å². The summed E-state index contributed by atoms with van der Waals surface area (Å²) in [5.74, 6) is 2.44. The smallest absolute Gasteiger partial charge is 0.336 e. The lowest BCUT2D eigenvalue weighted by Gasteiger charge is -2.21. The summed E-state index contributed by atoms with van der Waals surface area (Å²) in [6.07, 6.45) is 15.8. The van der Waals surface area contributed by atoms with Crippen molar-refractivity contribution >= 4 is 22.6 Å². The van der Waals surface area contributed by atoms with Crippen LogP contribution in [0.4, 0.5) is 5.69 Å². The average Bonchev–Trinajstić information content (AvgIpc) is 3.64. The Hall–Kier alpha value is -3.14. The van der Waals surface area contributed by atoms with Crippen LogP contribution in [-0.4, -0.2) is 24.7 Å². The van der Waals surface area contributed by atoms with Gasteiger partial charge in [-0.05, 0) is 58.1 Å². The monoisotopic (exact) mass is 493 g/mol. The number of hydrogen-bond acceptors (Lipinski definition) is 7. The highest BCUT2D eigenvalue weighted by Crippen LogP contribution is 2.38. The van der Waals surface area contributed by atoms with Gasteiger partial charge in [-0.15, -0.1) is 12.3 Å². The molecule has 7 heteroatoms. The Morgan fingerprint density at radius 1 is 1.03 bits per heavy atom. The fraction of sp³-hybridized carbons (Fsp3) is 0.586. The zero-order valence-electron chi connectivity index (χ0n) is 21.8. The molecule has 0 saturated carbocycles. The standard InChI is InChI=1S/C29H39N3O4/c1-4-7-13-18-29(30-31-29)19-14-11-9-8-10-12-15-27(33)35-22-23-20-28(34)36-26-21-24(16-17-25(23)26)32(5-2)6-3/h1,16-17,20-21H,5-15,18-19,22H2,2-3H3. The number of carbonyl (C=O) groups excluding carboxylic acids is 1. The van der Waals surface area contributed by atoms with Crippen LogP contribution in [0.25, 0.3) is 11.0 Å². The van der Waals surface area contributed by atoms with E-state index < -0.39 is 5.63 Å². The molecule has 0 unspecified atom stereocenters. The number of ether oxygens (including phenoxy) is 1. The summed E-state index contributed by atoms with van der Waals surface area (Å²) in [4.78, 5) is 26.5. The Morgan fingerprint density at radius 3 is 2.42 bits per heavy atom. The van der Waals surface area contributed by atoms with Gasteiger partial charge in [0.1, 0.15) is 12.2 Å². The molecule has 0 fully saturated rings. The third kappa shape index (κ3) is 8.22. The van der Waals surface area contributed by atoms with Crippen molar-refractivity contribution in [1.29, 1.82) is 0 Å². The first kappa shape index (κ1) is 27.4. The van der Waals surface area contributed by atoms with Crippen molar-refractivity contribution in [3.63, 3.8) is 0 Å². The molecule has 0 amide bonds. The minimum Gasteiger partial charge on any atom is -0.461 e. The Balaban J connectivity index is 1.33. The minimum absolute atomic E-state index is 0.0742. The van der Waals surface area contributed by atoms with Crippen LogP contribution in [0.1, 0.15) is 90.0 Å². The molecule has 0 bridgehead atoms. The fourth-order valence-corrected chi connectivity index (χ4v) is 4.61. The second kappa shape index (κ2) is 13.8. The number of benzene rings is 1. The van der Waals surface area contributed by atoms with Crippen molar-refractivity contribution < 1.29 is 13.9 Å². The zero-order valence-corrected chi connectivity index (χ0v) is 21.8. The number of hydrogen-bond donors (Lipinski definition) is 0. The molecule has 1 aliphatic heterocycles. The molecule has 1 aliphatic rings. The van der Waals surface area contributed by atoms with Crippen LogP contribution in [0, 0.1) is 12.3 Å². The number of unbranched alkanes of at least 4 members (excludes halogenated alkanes) is 6. The number of anilines is 1. The second-order valence-corrected chi connectivity index (χ2v) is 9.47. The Bertz CT molecular complexity index is 1120. The van der Waals surface area contributed by atoms with Crippen LogP contribution in [0.15, 0.2) is 43.7 Å². The van der Waals surface area contributed by atoms with Crippen molar-refractivity contribution in [2.45, 2.75) is 96.7 Å². The largest absolute Gasteiger partial charge is 0.461 e. The second-order valence-electron chi connectivity index (χ2n) is 9.47. The van der Waals surface area contributed by atoms with Gasteiger partial charge in [-0.3, -0.25) is 4.79 Å². The molecule has 0 atom stereocenters. The van der Waals surface area contributed by atoms with Gasteiger partial charge in [0.05, 0.1) is 0 Å². The van der Waals surface area contributed by atoms with Crippen molar-refractivity contribution in [3.8, 4) is 12.3 Å². The van der Waals surface area contributed by atoms with E-state index in [2.05, 4.69) is 34.9 Å². The fourth-order valence-electron chi connectivity index (χ4n) is 4.61. The van der Waals surface area contributed by atoms with E-state index in [0.717, 1.165) is 88.4 Å². The van der Waals surface area contributed by atoms with E-state index in [1.165, 1.54) is 6.07 Å². The average molecular weight is 494 g/mol. The van der Waals surface area contributed by atoms with Crippen molar-refractivity contribution in [2.24, 2.45) is 10.2 Å². The van der Waals surface area contributed by atoms with E-state index in [0.29, 0.717) is 17.6 Å². The quantitative estimate of drug-likeness (QED) is 0.105. The first-order chi connectivity index (χ1) is 17.5. The van der Waals surface area contributed by atoms with E-state index in [9.17, 15) is 9.59 Å². The van der Waals surface area contributed by atoms with Crippen molar-refractivity contribution in [2.75, 3.05) is 18.0 Å². The number of rotatable bonds is 17. The number of esters is 1. The first-order valence-corrected chi connectivity index (χ1v) is 13.3. The molecule has 1 aromatic carbocycles. The van der Waals surface area contributed by atoms with Gasteiger partial charge in [0.25, 0.3) is 0 Å². The molecule has 0 radical (unpaired) electrons. The zero-order chi connectivity index (χ0) is 25.8. The molecule has 2 aromatic rings. The summed E-state index contributed by atoms with van der Waals surface area (Å²) in [5.41, 5.74) is 1.63. The van der Waals surface area contributed by atoms with Gasteiger partial charge in [-0.1, -0.05) is 25.7 Å². The maximum Gasteiger partial charge on any atom is 0.336 e. The van der Waals surface area contributed by atoms with Crippen LogP contribution >= 0.6 is 0 Å². The lowest BCUT2D eigenvalue weighted by molar-refractivity contribution is -0.145. The third-order valence-electron chi connectivity index (χ3n) is 6.82. The lowest BCUT2D eigenvalue weighted by Crippen LogP contribution is -2.21. The molecule has 0 aliphatic carbocycles. The van der Waals surface area contributed by atoms with E-state index in [-0.39, 0.29) is 18.2 Å². The van der Waals surface area contributed by atoms with E-state index in [1.54, 1.807) is 0 Å². The highest BCUT2D eigenvalue weighted by molar-refractivity contribution is 5.83. The molecule has 36 heavy (non-hydrogen) atoms. The molecule has 7 nitrogen and oxygen atoms in total. The SMILES string of the molecule is C#CCCCC1(CCCCCCCCC(=O)OCc2cc(=O)oc3cc(N(CC)CC)ccc23)N=N1. The summed E-state index contributed by atoms with van der Waals surface area (Å²) in [7, 11) is 0. The van der Waals surface area contributed by atoms with E-state index in [4.69, 9.17) is 15.6 Å². The van der Waals surface area contributed by atoms with Gasteiger partial charge in [0.15, 0.2) is 5.66 Å². The highest BCUT2D eigenvalue weighted by Gasteiger charge is 2.38. The minimum atomic E-state index is -0.437. The summed E-state index contributed by atoms with van der Waals surface area (Å²) in [5, 5.41) is 9.26. The Kier molecular flexibility index (Phi) is 10.5. The maximum atomic E-state index is 12.3.